The molecule has 2 aromatic heterocycles. The maximum Gasteiger partial charge on any atom is 0.254 e. The van der Waals surface area contributed by atoms with Crippen LogP contribution in [0.2, 0.25) is 0 Å². The van der Waals surface area contributed by atoms with Gasteiger partial charge in [0, 0.05) is 25.6 Å². The van der Waals surface area contributed by atoms with Gasteiger partial charge >= 0.3 is 0 Å². The van der Waals surface area contributed by atoms with Gasteiger partial charge in [0.2, 0.25) is 0 Å². The first-order valence-corrected chi connectivity index (χ1v) is 5.02. The van der Waals surface area contributed by atoms with Gasteiger partial charge in [0.1, 0.15) is 5.82 Å². The predicted molar refractivity (Wildman–Crippen MR) is 58.6 cm³/mol. The summed E-state index contributed by atoms with van der Waals surface area (Å²) in [5.41, 5.74) is -0.0193. The van der Waals surface area contributed by atoms with Crippen molar-refractivity contribution in [2.75, 3.05) is 0 Å². The van der Waals surface area contributed by atoms with Crippen LogP contribution in [0, 0.1) is 5.82 Å². The van der Waals surface area contributed by atoms with Crippen LogP contribution in [0.5, 0.6) is 0 Å². The molecule has 0 saturated carbocycles. The van der Waals surface area contributed by atoms with E-state index in [1.807, 2.05) is 7.05 Å². The van der Waals surface area contributed by atoms with Crippen LogP contribution in [0.25, 0.3) is 0 Å². The van der Waals surface area contributed by atoms with Crippen molar-refractivity contribution in [1.29, 1.82) is 0 Å². The summed E-state index contributed by atoms with van der Waals surface area (Å²) in [7, 11) is 1.82. The number of nitrogens with zero attached hydrogens (tertiary/aromatic N) is 3. The van der Waals surface area contributed by atoms with Crippen LogP contribution in [0.3, 0.4) is 0 Å². The second kappa shape index (κ2) is 4.73. The second-order valence-corrected chi connectivity index (χ2v) is 3.49. The molecule has 0 unspecified atom stereocenters. The number of carbonyl (C=O) groups is 1. The highest BCUT2D eigenvalue weighted by Gasteiger charge is 2.11. The Bertz CT molecular complexity index is 538. The zero-order chi connectivity index (χ0) is 12.3. The van der Waals surface area contributed by atoms with Gasteiger partial charge in [0.25, 0.3) is 5.91 Å². The number of carbonyl (C=O) groups excluding carboxylic acids is 1. The standard InChI is InChI=1S/C11H11FN4O/c1-16-5-4-14-10(16)7-15-11(17)8-2-3-13-6-9(8)12/h2-6H,7H2,1H3,(H,15,17). The highest BCUT2D eigenvalue weighted by molar-refractivity contribution is 5.94. The van der Waals surface area contributed by atoms with Gasteiger partial charge in [0.05, 0.1) is 18.3 Å². The molecule has 0 aliphatic heterocycles. The molecular weight excluding hydrogens is 223 g/mol. The Labute approximate surface area is 97.3 Å². The van der Waals surface area contributed by atoms with Crippen LogP contribution in [-0.2, 0) is 13.6 Å². The molecule has 0 bridgehead atoms. The Balaban J connectivity index is 2.04. The van der Waals surface area contributed by atoms with Gasteiger partial charge in [-0.15, -0.1) is 0 Å². The first-order chi connectivity index (χ1) is 8.18. The fourth-order valence-electron chi connectivity index (χ4n) is 1.38. The highest BCUT2D eigenvalue weighted by atomic mass is 19.1. The number of nitrogens with one attached hydrogen (secondary N) is 1. The molecule has 2 rings (SSSR count). The first kappa shape index (κ1) is 11.3. The van der Waals surface area contributed by atoms with Crippen LogP contribution < -0.4 is 5.32 Å². The highest BCUT2D eigenvalue weighted by Crippen LogP contribution is 2.04. The summed E-state index contributed by atoms with van der Waals surface area (Å²) in [5, 5.41) is 2.59. The number of halogens is 1. The van der Waals surface area contributed by atoms with E-state index in [1.54, 1.807) is 17.0 Å². The van der Waals surface area contributed by atoms with Crippen LogP contribution >= 0.6 is 0 Å². The minimum absolute atomic E-state index is 0.0193. The molecule has 0 atom stereocenters. The van der Waals surface area contributed by atoms with Crippen LogP contribution in [-0.4, -0.2) is 20.4 Å². The largest absolute Gasteiger partial charge is 0.345 e. The van der Waals surface area contributed by atoms with Crippen molar-refractivity contribution in [3.8, 4) is 0 Å². The van der Waals surface area contributed by atoms with Crippen LogP contribution in [0.15, 0.2) is 30.9 Å². The summed E-state index contributed by atoms with van der Waals surface area (Å²) >= 11 is 0. The number of pyridine rings is 1. The van der Waals surface area contributed by atoms with E-state index < -0.39 is 11.7 Å². The third kappa shape index (κ3) is 2.47. The van der Waals surface area contributed by atoms with E-state index in [-0.39, 0.29) is 12.1 Å². The topological polar surface area (TPSA) is 59.8 Å². The lowest BCUT2D eigenvalue weighted by Gasteiger charge is -2.05. The number of aromatic nitrogens is 3. The number of aryl methyl sites for hydroxylation is 1. The van der Waals surface area contributed by atoms with E-state index in [0.717, 1.165) is 6.20 Å². The third-order valence-electron chi connectivity index (χ3n) is 2.35. The Morgan fingerprint density at radius 1 is 1.53 bits per heavy atom. The molecule has 0 spiro atoms. The Kier molecular flexibility index (Phi) is 3.13. The molecule has 0 radical (unpaired) electrons. The summed E-state index contributed by atoms with van der Waals surface area (Å²) in [6, 6.07) is 1.34. The molecule has 2 aromatic rings. The van der Waals surface area contributed by atoms with E-state index in [4.69, 9.17) is 0 Å². The minimum Gasteiger partial charge on any atom is -0.345 e. The summed E-state index contributed by atoms with van der Waals surface area (Å²) in [6.45, 7) is 0.254. The maximum absolute atomic E-state index is 13.2. The van der Waals surface area contributed by atoms with Crippen molar-refractivity contribution < 1.29 is 9.18 Å². The molecule has 88 valence electrons. The Hall–Kier alpha value is -2.24. The summed E-state index contributed by atoms with van der Waals surface area (Å²) in [4.78, 5) is 19.3. The van der Waals surface area contributed by atoms with Gasteiger partial charge in [-0.25, -0.2) is 9.37 Å². The average Bonchev–Trinajstić information content (AvgIpc) is 2.72. The zero-order valence-electron chi connectivity index (χ0n) is 9.22. The monoisotopic (exact) mass is 234 g/mol. The molecule has 0 aromatic carbocycles. The number of rotatable bonds is 3. The zero-order valence-corrected chi connectivity index (χ0v) is 9.22. The van der Waals surface area contributed by atoms with Gasteiger partial charge in [-0.2, -0.15) is 0 Å². The van der Waals surface area contributed by atoms with Crippen molar-refractivity contribution >= 4 is 5.91 Å². The number of hydrogen-bond donors (Lipinski definition) is 1. The maximum atomic E-state index is 13.2. The molecule has 0 aliphatic carbocycles. The van der Waals surface area contributed by atoms with Gasteiger partial charge < -0.3 is 9.88 Å². The lowest BCUT2D eigenvalue weighted by Crippen LogP contribution is -2.25. The lowest BCUT2D eigenvalue weighted by molar-refractivity contribution is 0.0945. The molecule has 1 amide bonds. The van der Waals surface area contributed by atoms with Crippen molar-refractivity contribution in [2.24, 2.45) is 7.05 Å². The predicted octanol–water partition coefficient (Wildman–Crippen LogP) is 0.884. The number of hydrogen-bond acceptors (Lipinski definition) is 3. The van der Waals surface area contributed by atoms with E-state index >= 15 is 0 Å². The van der Waals surface area contributed by atoms with E-state index in [2.05, 4.69) is 15.3 Å². The fraction of sp³-hybridized carbons (Fsp3) is 0.182. The quantitative estimate of drug-likeness (QED) is 0.857. The summed E-state index contributed by atoms with van der Waals surface area (Å²) in [5.74, 6) is -0.412. The van der Waals surface area contributed by atoms with Gasteiger partial charge in [-0.3, -0.25) is 9.78 Å². The second-order valence-electron chi connectivity index (χ2n) is 3.49. The molecule has 0 saturated heterocycles. The van der Waals surface area contributed by atoms with E-state index in [0.29, 0.717) is 5.82 Å². The van der Waals surface area contributed by atoms with Gasteiger partial charge in [-0.1, -0.05) is 0 Å². The van der Waals surface area contributed by atoms with Crippen molar-refractivity contribution in [2.45, 2.75) is 6.54 Å². The van der Waals surface area contributed by atoms with Crippen LogP contribution in [0.1, 0.15) is 16.2 Å². The Morgan fingerprint density at radius 2 is 2.35 bits per heavy atom. The average molecular weight is 234 g/mol. The summed E-state index contributed by atoms with van der Waals surface area (Å²) < 4.78 is 15.0. The molecular formula is C11H11FN4O. The number of imidazole rings is 1. The van der Waals surface area contributed by atoms with Crippen molar-refractivity contribution in [1.82, 2.24) is 19.9 Å². The normalized spacial score (nSPS) is 10.2. The SMILES string of the molecule is Cn1ccnc1CNC(=O)c1ccncc1F. The first-order valence-electron chi connectivity index (χ1n) is 5.02. The van der Waals surface area contributed by atoms with Gasteiger partial charge in [0.15, 0.2) is 5.82 Å². The fourth-order valence-corrected chi connectivity index (χ4v) is 1.38. The molecule has 17 heavy (non-hydrogen) atoms. The molecule has 1 N–H and O–H groups in total. The smallest absolute Gasteiger partial charge is 0.254 e. The lowest BCUT2D eigenvalue weighted by atomic mass is 10.2. The van der Waals surface area contributed by atoms with Crippen LogP contribution in [0.4, 0.5) is 4.39 Å². The van der Waals surface area contributed by atoms with Gasteiger partial charge in [-0.05, 0) is 6.07 Å². The molecule has 0 aliphatic rings. The van der Waals surface area contributed by atoms with E-state index in [9.17, 15) is 9.18 Å². The molecule has 0 fully saturated rings. The van der Waals surface area contributed by atoms with Crippen molar-refractivity contribution in [3.05, 3.63) is 48.1 Å². The summed E-state index contributed by atoms with van der Waals surface area (Å²) in [6.07, 6.45) is 5.79. The Morgan fingerprint density at radius 3 is 3.00 bits per heavy atom. The molecule has 2 heterocycles. The third-order valence-corrected chi connectivity index (χ3v) is 2.35. The molecule has 6 heteroatoms. The number of amides is 1. The van der Waals surface area contributed by atoms with E-state index in [1.165, 1.54) is 12.3 Å². The molecule has 5 nitrogen and oxygen atoms in total. The minimum atomic E-state index is -0.634. The van der Waals surface area contributed by atoms with Crippen molar-refractivity contribution in [3.63, 3.8) is 0 Å².